The third kappa shape index (κ3) is 3.65. The monoisotopic (exact) mass is 461 g/mol. The quantitative estimate of drug-likeness (QED) is 0.557. The molecule has 0 unspecified atom stereocenters. The Bertz CT molecular complexity index is 1160. The van der Waals surface area contributed by atoms with Crippen LogP contribution in [0.25, 0.3) is 0 Å². The number of allylic oxidation sites excluding steroid dienone is 1. The molecule has 1 atom stereocenters. The third-order valence-corrected chi connectivity index (χ3v) is 8.15. The van der Waals surface area contributed by atoms with E-state index in [-0.39, 0.29) is 23.3 Å². The number of halogens is 1. The molecule has 2 aromatic carbocycles. The van der Waals surface area contributed by atoms with Gasteiger partial charge in [0.1, 0.15) is 5.82 Å². The van der Waals surface area contributed by atoms with Crippen LogP contribution in [0.15, 0.2) is 42.1 Å². The molecule has 2 saturated heterocycles. The van der Waals surface area contributed by atoms with E-state index in [1.165, 1.54) is 28.0 Å². The standard InChI is InChI=1S/C29H36FN3O/c1-6-33-28(34)32-18-24-15-20(3)13-21(4)27(24)22(5)16-26(32)29(33)9-11-31(12-10-29)17-23-14-19(2)7-8-25(23)30/h7-8,13-16,22H,6,9-12,17-18H2,1-5H3/t22-/m1/s1. The predicted molar refractivity (Wildman–Crippen MR) is 134 cm³/mol. The summed E-state index contributed by atoms with van der Waals surface area (Å²) in [6.07, 6.45) is 4.12. The van der Waals surface area contributed by atoms with Gasteiger partial charge in [-0.05, 0) is 63.3 Å². The Labute approximate surface area is 203 Å². The molecule has 5 rings (SSSR count). The Hall–Kier alpha value is -2.66. The van der Waals surface area contributed by atoms with E-state index in [4.69, 9.17) is 0 Å². The number of amides is 2. The van der Waals surface area contributed by atoms with Gasteiger partial charge in [-0.25, -0.2) is 9.18 Å². The molecule has 0 aromatic heterocycles. The van der Waals surface area contributed by atoms with Crippen LogP contribution in [0.5, 0.6) is 0 Å². The lowest BCUT2D eigenvalue weighted by atomic mass is 9.81. The molecular weight excluding hydrogens is 425 g/mol. The number of likely N-dealkylation sites (N-methyl/N-ethyl adjacent to an activating group) is 1. The Balaban J connectivity index is 1.45. The molecule has 3 aliphatic heterocycles. The summed E-state index contributed by atoms with van der Waals surface area (Å²) in [5, 5.41) is 0. The van der Waals surface area contributed by atoms with Gasteiger partial charge in [-0.15, -0.1) is 0 Å². The van der Waals surface area contributed by atoms with Crippen LogP contribution in [0.2, 0.25) is 0 Å². The van der Waals surface area contributed by atoms with Gasteiger partial charge >= 0.3 is 6.03 Å². The molecule has 0 N–H and O–H groups in total. The minimum Gasteiger partial charge on any atom is -0.313 e. The molecule has 3 aliphatic rings. The average molecular weight is 462 g/mol. The van der Waals surface area contributed by atoms with Crippen molar-refractivity contribution in [1.29, 1.82) is 0 Å². The van der Waals surface area contributed by atoms with Crippen molar-refractivity contribution in [3.8, 4) is 0 Å². The van der Waals surface area contributed by atoms with Crippen LogP contribution in [0.4, 0.5) is 9.18 Å². The van der Waals surface area contributed by atoms with Crippen LogP contribution in [0.1, 0.15) is 66.0 Å². The topological polar surface area (TPSA) is 26.8 Å². The van der Waals surface area contributed by atoms with E-state index in [1.807, 2.05) is 24.0 Å². The molecule has 1 spiro atoms. The zero-order valence-corrected chi connectivity index (χ0v) is 21.1. The van der Waals surface area contributed by atoms with E-state index in [1.54, 1.807) is 6.07 Å². The Morgan fingerprint density at radius 1 is 1.06 bits per heavy atom. The average Bonchev–Trinajstić information content (AvgIpc) is 2.89. The lowest BCUT2D eigenvalue weighted by Gasteiger charge is -2.44. The van der Waals surface area contributed by atoms with Crippen molar-refractivity contribution in [3.05, 3.63) is 81.3 Å². The summed E-state index contributed by atoms with van der Waals surface area (Å²) in [4.78, 5) is 20.2. The molecule has 34 heavy (non-hydrogen) atoms. The van der Waals surface area contributed by atoms with E-state index >= 15 is 0 Å². The van der Waals surface area contributed by atoms with Gasteiger partial charge in [0.05, 0.1) is 12.1 Å². The molecule has 180 valence electrons. The number of likely N-dealkylation sites (tertiary alicyclic amines) is 1. The fourth-order valence-electron chi connectivity index (χ4n) is 6.67. The van der Waals surface area contributed by atoms with Gasteiger partial charge in [0.15, 0.2) is 0 Å². The number of piperidine rings is 1. The number of fused-ring (bicyclic) bond motifs is 3. The van der Waals surface area contributed by atoms with Gasteiger partial charge in [0.2, 0.25) is 0 Å². The van der Waals surface area contributed by atoms with Crippen molar-refractivity contribution in [3.63, 3.8) is 0 Å². The van der Waals surface area contributed by atoms with Crippen LogP contribution >= 0.6 is 0 Å². The molecule has 4 nitrogen and oxygen atoms in total. The third-order valence-electron chi connectivity index (χ3n) is 8.15. The summed E-state index contributed by atoms with van der Waals surface area (Å²) in [5.41, 5.74) is 7.95. The van der Waals surface area contributed by atoms with Crippen molar-refractivity contribution in [2.24, 2.45) is 0 Å². The summed E-state index contributed by atoms with van der Waals surface area (Å²) in [6.45, 7) is 14.3. The van der Waals surface area contributed by atoms with Crippen LogP contribution in [0, 0.1) is 26.6 Å². The SMILES string of the molecule is CCN1C(=O)N2Cc3cc(C)cc(C)c3[C@H](C)C=C2C12CCN(Cc1cc(C)ccc1F)CC2. The van der Waals surface area contributed by atoms with Gasteiger partial charge in [0, 0.05) is 43.4 Å². The van der Waals surface area contributed by atoms with E-state index in [0.717, 1.165) is 37.1 Å². The number of rotatable bonds is 3. The Kier molecular flexibility index (Phi) is 5.79. The van der Waals surface area contributed by atoms with E-state index in [9.17, 15) is 9.18 Å². The van der Waals surface area contributed by atoms with Crippen molar-refractivity contribution in [2.45, 2.75) is 72.0 Å². The molecule has 2 fully saturated rings. The number of urea groups is 1. The highest BCUT2D eigenvalue weighted by Crippen LogP contribution is 2.47. The summed E-state index contributed by atoms with van der Waals surface area (Å²) in [5.74, 6) is 0.128. The second kappa shape index (κ2) is 8.53. The first-order valence-electron chi connectivity index (χ1n) is 12.6. The normalized spacial score (nSPS) is 22.0. The number of hydrogen-bond donors (Lipinski definition) is 0. The molecule has 3 heterocycles. The van der Waals surface area contributed by atoms with Crippen molar-refractivity contribution < 1.29 is 9.18 Å². The molecular formula is C29H36FN3O. The van der Waals surface area contributed by atoms with Gasteiger partial charge in [-0.2, -0.15) is 0 Å². The van der Waals surface area contributed by atoms with Gasteiger partial charge in [-0.1, -0.05) is 48.4 Å². The maximum absolute atomic E-state index is 14.4. The Morgan fingerprint density at radius 3 is 2.50 bits per heavy atom. The van der Waals surface area contributed by atoms with Crippen LogP contribution in [-0.2, 0) is 13.1 Å². The van der Waals surface area contributed by atoms with Crippen LogP contribution < -0.4 is 0 Å². The van der Waals surface area contributed by atoms with E-state index in [2.05, 4.69) is 55.7 Å². The minimum atomic E-state index is -0.271. The van der Waals surface area contributed by atoms with Crippen LogP contribution in [-0.4, -0.2) is 45.9 Å². The number of aryl methyl sites for hydroxylation is 3. The highest BCUT2D eigenvalue weighted by molar-refractivity contribution is 5.83. The number of hydrogen-bond acceptors (Lipinski definition) is 2. The first-order chi connectivity index (χ1) is 16.2. The summed E-state index contributed by atoms with van der Waals surface area (Å²) < 4.78 is 14.4. The largest absolute Gasteiger partial charge is 0.325 e. The summed E-state index contributed by atoms with van der Waals surface area (Å²) >= 11 is 0. The molecule has 2 aromatic rings. The van der Waals surface area contributed by atoms with Crippen molar-refractivity contribution >= 4 is 6.03 Å². The number of carbonyl (C=O) groups is 1. The Morgan fingerprint density at radius 2 is 1.79 bits per heavy atom. The fraction of sp³-hybridized carbons (Fsp3) is 0.483. The smallest absolute Gasteiger partial charge is 0.313 e. The summed E-state index contributed by atoms with van der Waals surface area (Å²) in [7, 11) is 0. The first-order valence-corrected chi connectivity index (χ1v) is 12.6. The maximum Gasteiger partial charge on any atom is 0.325 e. The zero-order valence-electron chi connectivity index (χ0n) is 21.1. The number of benzene rings is 2. The molecule has 0 bridgehead atoms. The molecule has 0 saturated carbocycles. The van der Waals surface area contributed by atoms with E-state index < -0.39 is 0 Å². The lowest BCUT2D eigenvalue weighted by Crippen LogP contribution is -2.53. The van der Waals surface area contributed by atoms with Crippen molar-refractivity contribution in [1.82, 2.24) is 14.7 Å². The van der Waals surface area contributed by atoms with Gasteiger partial charge in [-0.3, -0.25) is 9.80 Å². The van der Waals surface area contributed by atoms with Crippen LogP contribution in [0.3, 0.4) is 0 Å². The number of nitrogens with zero attached hydrogens (tertiary/aromatic N) is 3. The van der Waals surface area contributed by atoms with E-state index in [0.29, 0.717) is 19.6 Å². The number of carbonyl (C=O) groups excluding carboxylic acids is 1. The second-order valence-corrected chi connectivity index (χ2v) is 10.5. The lowest BCUT2D eigenvalue weighted by molar-refractivity contribution is 0.0882. The molecule has 2 amide bonds. The fourth-order valence-corrected chi connectivity index (χ4v) is 6.67. The molecule has 0 aliphatic carbocycles. The maximum atomic E-state index is 14.4. The zero-order chi connectivity index (χ0) is 24.2. The molecule has 0 radical (unpaired) electrons. The highest BCUT2D eigenvalue weighted by atomic mass is 19.1. The highest BCUT2D eigenvalue weighted by Gasteiger charge is 2.54. The first kappa shape index (κ1) is 23.1. The summed E-state index contributed by atoms with van der Waals surface area (Å²) in [6, 6.07) is 9.98. The molecule has 5 heteroatoms. The van der Waals surface area contributed by atoms with Crippen molar-refractivity contribution in [2.75, 3.05) is 19.6 Å². The second-order valence-electron chi connectivity index (χ2n) is 10.5. The predicted octanol–water partition coefficient (Wildman–Crippen LogP) is 6.04. The van der Waals surface area contributed by atoms with Gasteiger partial charge < -0.3 is 4.90 Å². The minimum absolute atomic E-state index is 0.131. The van der Waals surface area contributed by atoms with Gasteiger partial charge in [0.25, 0.3) is 0 Å².